The van der Waals surface area contributed by atoms with Gasteiger partial charge >= 0.3 is 0 Å². The SMILES string of the molecule is COc1ccccc1NC(=O)C(C)S(=O)(=O)Cc1cccc(S(=O)(=O)N(C)C)c1. The molecule has 1 N–H and O–H groups in total. The first kappa shape index (κ1) is 22.9. The quantitative estimate of drug-likeness (QED) is 0.671. The van der Waals surface area contributed by atoms with E-state index in [0.29, 0.717) is 11.4 Å². The highest BCUT2D eigenvalue weighted by Crippen LogP contribution is 2.24. The molecule has 0 radical (unpaired) electrons. The molecule has 2 aromatic rings. The molecule has 2 rings (SSSR count). The van der Waals surface area contributed by atoms with Crippen LogP contribution < -0.4 is 10.1 Å². The third kappa shape index (κ3) is 5.34. The molecule has 0 aliphatic carbocycles. The number of nitrogens with one attached hydrogen (secondary N) is 1. The Morgan fingerprint density at radius 3 is 2.34 bits per heavy atom. The normalized spacial score (nSPS) is 13.1. The second-order valence-electron chi connectivity index (χ2n) is 6.57. The number of ether oxygens (including phenoxy) is 1. The maximum Gasteiger partial charge on any atom is 0.242 e. The monoisotopic (exact) mass is 440 g/mol. The van der Waals surface area contributed by atoms with Gasteiger partial charge in [0.1, 0.15) is 11.0 Å². The molecular formula is C19H24N2O6S2. The van der Waals surface area contributed by atoms with Crippen LogP contribution in [0.1, 0.15) is 12.5 Å². The van der Waals surface area contributed by atoms with Crippen molar-refractivity contribution in [3.8, 4) is 5.75 Å². The van der Waals surface area contributed by atoms with Crippen molar-refractivity contribution in [1.82, 2.24) is 4.31 Å². The summed E-state index contributed by atoms with van der Waals surface area (Å²) in [7, 11) is -3.36. The van der Waals surface area contributed by atoms with Gasteiger partial charge in [-0.1, -0.05) is 24.3 Å². The number of amides is 1. The summed E-state index contributed by atoms with van der Waals surface area (Å²) in [6.45, 7) is 1.29. The van der Waals surface area contributed by atoms with Gasteiger partial charge in [0, 0.05) is 14.1 Å². The molecule has 0 saturated heterocycles. The summed E-state index contributed by atoms with van der Waals surface area (Å²) in [5, 5.41) is 1.21. The number of anilines is 1. The third-order valence-electron chi connectivity index (χ3n) is 4.32. The highest BCUT2D eigenvalue weighted by atomic mass is 32.2. The lowest BCUT2D eigenvalue weighted by Crippen LogP contribution is -2.33. The molecule has 10 heteroatoms. The van der Waals surface area contributed by atoms with Gasteiger partial charge in [0.15, 0.2) is 9.84 Å². The Morgan fingerprint density at radius 1 is 1.07 bits per heavy atom. The molecule has 0 spiro atoms. The zero-order chi connectivity index (χ0) is 21.8. The van der Waals surface area contributed by atoms with Crippen LogP contribution in [0, 0.1) is 0 Å². The van der Waals surface area contributed by atoms with Crippen molar-refractivity contribution in [2.24, 2.45) is 0 Å². The second-order valence-corrected chi connectivity index (χ2v) is 11.0. The molecule has 0 heterocycles. The van der Waals surface area contributed by atoms with Crippen LogP contribution in [0.2, 0.25) is 0 Å². The molecule has 29 heavy (non-hydrogen) atoms. The van der Waals surface area contributed by atoms with E-state index < -0.39 is 36.8 Å². The van der Waals surface area contributed by atoms with E-state index in [2.05, 4.69) is 5.32 Å². The van der Waals surface area contributed by atoms with Crippen molar-refractivity contribution in [1.29, 1.82) is 0 Å². The number of para-hydroxylation sites is 2. The van der Waals surface area contributed by atoms with E-state index in [-0.39, 0.29) is 10.5 Å². The Balaban J connectivity index is 2.22. The maximum atomic E-state index is 12.7. The van der Waals surface area contributed by atoms with Crippen molar-refractivity contribution in [3.05, 3.63) is 54.1 Å². The minimum Gasteiger partial charge on any atom is -0.495 e. The van der Waals surface area contributed by atoms with Crippen molar-refractivity contribution in [2.45, 2.75) is 22.8 Å². The molecule has 0 aliphatic rings. The zero-order valence-corrected chi connectivity index (χ0v) is 18.2. The number of methoxy groups -OCH3 is 1. The van der Waals surface area contributed by atoms with E-state index >= 15 is 0 Å². The summed E-state index contributed by atoms with van der Waals surface area (Å²) >= 11 is 0. The first-order chi connectivity index (χ1) is 13.5. The minimum absolute atomic E-state index is 0.0127. The van der Waals surface area contributed by atoms with E-state index in [1.54, 1.807) is 24.3 Å². The molecular weight excluding hydrogens is 416 g/mol. The van der Waals surface area contributed by atoms with E-state index in [1.165, 1.54) is 52.4 Å². The van der Waals surface area contributed by atoms with E-state index in [1.807, 2.05) is 0 Å². The summed E-state index contributed by atoms with van der Waals surface area (Å²) in [5.41, 5.74) is 0.644. The predicted molar refractivity (Wildman–Crippen MR) is 111 cm³/mol. The fourth-order valence-electron chi connectivity index (χ4n) is 2.51. The molecule has 0 saturated carbocycles. The van der Waals surface area contributed by atoms with Crippen LogP contribution >= 0.6 is 0 Å². The van der Waals surface area contributed by atoms with Crippen LogP contribution in [-0.2, 0) is 30.4 Å². The summed E-state index contributed by atoms with van der Waals surface area (Å²) in [6, 6.07) is 12.3. The predicted octanol–water partition coefficient (Wildman–Crippen LogP) is 1.89. The topological polar surface area (TPSA) is 110 Å². The van der Waals surface area contributed by atoms with Gasteiger partial charge in [-0.25, -0.2) is 21.1 Å². The number of hydrogen-bond acceptors (Lipinski definition) is 6. The Morgan fingerprint density at radius 2 is 1.72 bits per heavy atom. The first-order valence-electron chi connectivity index (χ1n) is 8.66. The summed E-state index contributed by atoms with van der Waals surface area (Å²) in [6.07, 6.45) is 0. The van der Waals surface area contributed by atoms with Gasteiger partial charge in [-0.3, -0.25) is 4.79 Å². The standard InChI is InChI=1S/C19H24N2O6S2/c1-14(19(22)20-17-10-5-6-11-18(17)27-4)28(23,24)13-15-8-7-9-16(12-15)29(25,26)21(2)3/h5-12,14H,13H2,1-4H3,(H,20,22). The van der Waals surface area contributed by atoms with Gasteiger partial charge in [0.05, 0.1) is 23.4 Å². The van der Waals surface area contributed by atoms with Gasteiger partial charge < -0.3 is 10.1 Å². The van der Waals surface area contributed by atoms with E-state index in [0.717, 1.165) is 4.31 Å². The lowest BCUT2D eigenvalue weighted by molar-refractivity contribution is -0.115. The van der Waals surface area contributed by atoms with E-state index in [9.17, 15) is 21.6 Å². The van der Waals surface area contributed by atoms with Crippen LogP contribution in [0.5, 0.6) is 5.75 Å². The molecule has 0 fully saturated rings. The Kier molecular flexibility index (Phi) is 7.04. The van der Waals surface area contributed by atoms with Gasteiger partial charge in [-0.2, -0.15) is 0 Å². The fraction of sp³-hybridized carbons (Fsp3) is 0.316. The average Bonchev–Trinajstić information content (AvgIpc) is 2.67. The molecule has 1 atom stereocenters. The number of hydrogen-bond donors (Lipinski definition) is 1. The average molecular weight is 441 g/mol. The van der Waals surface area contributed by atoms with Crippen LogP contribution in [0.3, 0.4) is 0 Å². The third-order valence-corrected chi connectivity index (χ3v) is 8.16. The largest absolute Gasteiger partial charge is 0.495 e. The summed E-state index contributed by atoms with van der Waals surface area (Å²) < 4.78 is 56.2. The number of rotatable bonds is 8. The highest BCUT2D eigenvalue weighted by molar-refractivity contribution is 7.92. The zero-order valence-electron chi connectivity index (χ0n) is 16.6. The summed E-state index contributed by atoms with van der Waals surface area (Å²) in [5.74, 6) is -0.761. The van der Waals surface area contributed by atoms with Crippen LogP contribution in [0.25, 0.3) is 0 Å². The van der Waals surface area contributed by atoms with E-state index in [4.69, 9.17) is 4.74 Å². The summed E-state index contributed by atoms with van der Waals surface area (Å²) in [4.78, 5) is 12.5. The van der Waals surface area contributed by atoms with Crippen molar-refractivity contribution in [3.63, 3.8) is 0 Å². The maximum absolute atomic E-state index is 12.7. The van der Waals surface area contributed by atoms with Crippen LogP contribution in [0.4, 0.5) is 5.69 Å². The number of benzene rings is 2. The second kappa shape index (κ2) is 8.93. The number of sulfonamides is 1. The van der Waals surface area contributed by atoms with Gasteiger partial charge in [0.25, 0.3) is 0 Å². The molecule has 1 amide bonds. The fourth-order valence-corrected chi connectivity index (χ4v) is 4.76. The molecule has 8 nitrogen and oxygen atoms in total. The van der Waals surface area contributed by atoms with Gasteiger partial charge in [-0.15, -0.1) is 0 Å². The molecule has 1 unspecified atom stereocenters. The van der Waals surface area contributed by atoms with Crippen molar-refractivity contribution >= 4 is 31.5 Å². The van der Waals surface area contributed by atoms with Crippen LogP contribution in [-0.4, -0.2) is 53.5 Å². The smallest absolute Gasteiger partial charge is 0.242 e. The van der Waals surface area contributed by atoms with Gasteiger partial charge in [0.2, 0.25) is 15.9 Å². The van der Waals surface area contributed by atoms with Crippen LogP contribution in [0.15, 0.2) is 53.4 Å². The van der Waals surface area contributed by atoms with Crippen molar-refractivity contribution in [2.75, 3.05) is 26.5 Å². The first-order valence-corrected chi connectivity index (χ1v) is 11.8. The molecule has 2 aromatic carbocycles. The lowest BCUT2D eigenvalue weighted by atomic mass is 10.2. The number of carbonyl (C=O) groups is 1. The number of nitrogens with zero attached hydrogens (tertiary/aromatic N) is 1. The number of sulfone groups is 1. The molecule has 0 bridgehead atoms. The van der Waals surface area contributed by atoms with Gasteiger partial charge in [-0.05, 0) is 36.8 Å². The highest BCUT2D eigenvalue weighted by Gasteiger charge is 2.29. The number of carbonyl (C=O) groups excluding carboxylic acids is 1. The minimum atomic E-state index is -3.90. The molecule has 158 valence electrons. The molecule has 0 aliphatic heterocycles. The van der Waals surface area contributed by atoms with Crippen molar-refractivity contribution < 1.29 is 26.4 Å². The lowest BCUT2D eigenvalue weighted by Gasteiger charge is -2.16. The Labute approximate surface area is 171 Å². The molecule has 0 aromatic heterocycles. The Bertz CT molecular complexity index is 1100. The Hall–Kier alpha value is -2.43.